The van der Waals surface area contributed by atoms with Crippen LogP contribution in [0.3, 0.4) is 0 Å². The molecule has 0 saturated heterocycles. The van der Waals surface area contributed by atoms with Crippen molar-refractivity contribution in [1.82, 2.24) is 9.97 Å². The van der Waals surface area contributed by atoms with Gasteiger partial charge in [0, 0.05) is 11.4 Å². The zero-order chi connectivity index (χ0) is 21.0. The molecule has 7 heteroatoms. The average molecular weight is 412 g/mol. The molecule has 0 radical (unpaired) electrons. The Bertz CT molecular complexity index is 996. The Morgan fingerprint density at radius 3 is 2.72 bits per heavy atom. The molecule has 0 spiro atoms. The van der Waals surface area contributed by atoms with Gasteiger partial charge in [0.2, 0.25) is 0 Å². The van der Waals surface area contributed by atoms with Crippen LogP contribution in [0.25, 0.3) is 0 Å². The smallest absolute Gasteiger partial charge is 0.337 e. The van der Waals surface area contributed by atoms with Crippen LogP contribution in [0.5, 0.6) is 0 Å². The highest BCUT2D eigenvalue weighted by atomic mass is 32.2. The number of nitrogens with zero attached hydrogens (tertiary/aromatic N) is 1. The fourth-order valence-corrected chi connectivity index (χ4v) is 4.02. The Hall–Kier alpha value is -2.80. The zero-order valence-electron chi connectivity index (χ0n) is 16.8. The summed E-state index contributed by atoms with van der Waals surface area (Å²) in [5.41, 5.74) is 2.01. The van der Waals surface area contributed by atoms with Gasteiger partial charge in [-0.15, -0.1) is 0 Å². The number of allylic oxidation sites excluding steroid dienone is 1. The highest BCUT2D eigenvalue weighted by Gasteiger charge is 2.36. The topological polar surface area (TPSA) is 84.1 Å². The van der Waals surface area contributed by atoms with E-state index in [9.17, 15) is 9.59 Å². The molecule has 1 aliphatic rings. The van der Waals surface area contributed by atoms with Gasteiger partial charge in [0.25, 0.3) is 5.56 Å². The number of H-pyrrole nitrogens is 1. The molecule has 6 nitrogen and oxygen atoms in total. The number of aromatic amines is 1. The molecule has 0 amide bonds. The van der Waals surface area contributed by atoms with Gasteiger partial charge in [-0.2, -0.15) is 0 Å². The number of ether oxygens (including phenoxy) is 1. The number of fused-ring (bicyclic) bond motifs is 1. The summed E-state index contributed by atoms with van der Waals surface area (Å²) in [6.45, 7) is 9.71. The predicted octanol–water partition coefficient (Wildman–Crippen LogP) is 4.08. The third-order valence-electron chi connectivity index (χ3n) is 4.46. The molecule has 3 rings (SSSR count). The molecule has 0 aliphatic carbocycles. The second kappa shape index (κ2) is 9.13. The number of nitrogens with one attached hydrogen (secondary N) is 2. The van der Waals surface area contributed by atoms with Gasteiger partial charge in [0.15, 0.2) is 5.16 Å². The SMILES string of the molecule is C=CCOC(=O)C1=C(C)Nc2nc(SCC(C)C)[nH]c(=O)c2C1c1ccccc1. The van der Waals surface area contributed by atoms with Crippen LogP contribution in [0.4, 0.5) is 5.82 Å². The fraction of sp³-hybridized carbons (Fsp3) is 0.318. The van der Waals surface area contributed by atoms with Crippen molar-refractivity contribution in [2.75, 3.05) is 17.7 Å². The molecule has 2 N–H and O–H groups in total. The van der Waals surface area contributed by atoms with Gasteiger partial charge in [0.1, 0.15) is 12.4 Å². The zero-order valence-corrected chi connectivity index (χ0v) is 17.6. The van der Waals surface area contributed by atoms with Crippen molar-refractivity contribution in [2.45, 2.75) is 31.8 Å². The number of benzene rings is 1. The van der Waals surface area contributed by atoms with Crippen molar-refractivity contribution >= 4 is 23.5 Å². The first-order valence-corrected chi connectivity index (χ1v) is 10.5. The normalized spacial score (nSPS) is 15.7. The van der Waals surface area contributed by atoms with Crippen molar-refractivity contribution in [2.24, 2.45) is 5.92 Å². The molecular weight excluding hydrogens is 386 g/mol. The van der Waals surface area contributed by atoms with Gasteiger partial charge in [-0.3, -0.25) is 4.79 Å². The Morgan fingerprint density at radius 2 is 2.07 bits per heavy atom. The van der Waals surface area contributed by atoms with Crippen LogP contribution in [0.15, 0.2) is 64.2 Å². The van der Waals surface area contributed by atoms with E-state index in [1.807, 2.05) is 30.3 Å². The first-order chi connectivity index (χ1) is 13.9. The Kier molecular flexibility index (Phi) is 6.59. The third-order valence-corrected chi connectivity index (χ3v) is 5.76. The number of aromatic nitrogens is 2. The van der Waals surface area contributed by atoms with Gasteiger partial charge >= 0.3 is 5.97 Å². The number of carbonyl (C=O) groups is 1. The van der Waals surface area contributed by atoms with Gasteiger partial charge in [-0.1, -0.05) is 68.6 Å². The van der Waals surface area contributed by atoms with Gasteiger partial charge in [0.05, 0.1) is 17.1 Å². The Labute approximate surface area is 174 Å². The Balaban J connectivity index is 2.12. The minimum atomic E-state index is -0.565. The van der Waals surface area contributed by atoms with Gasteiger partial charge in [-0.05, 0) is 18.4 Å². The average Bonchev–Trinajstić information content (AvgIpc) is 2.70. The van der Waals surface area contributed by atoms with E-state index in [1.165, 1.54) is 17.8 Å². The van der Waals surface area contributed by atoms with E-state index in [0.29, 0.717) is 33.7 Å². The molecular formula is C22H25N3O3S. The van der Waals surface area contributed by atoms with Crippen LogP contribution in [-0.2, 0) is 9.53 Å². The summed E-state index contributed by atoms with van der Waals surface area (Å²) in [6, 6.07) is 9.45. The summed E-state index contributed by atoms with van der Waals surface area (Å²) in [5, 5.41) is 3.71. The lowest BCUT2D eigenvalue weighted by molar-refractivity contribution is -0.138. The van der Waals surface area contributed by atoms with Crippen molar-refractivity contribution in [1.29, 1.82) is 0 Å². The van der Waals surface area contributed by atoms with Crippen molar-refractivity contribution in [3.8, 4) is 0 Å². The molecule has 2 heterocycles. The fourth-order valence-electron chi connectivity index (χ4n) is 3.21. The molecule has 1 aromatic carbocycles. The second-order valence-electron chi connectivity index (χ2n) is 7.23. The largest absolute Gasteiger partial charge is 0.458 e. The maximum Gasteiger partial charge on any atom is 0.337 e. The monoisotopic (exact) mass is 411 g/mol. The van der Waals surface area contributed by atoms with Crippen LogP contribution < -0.4 is 10.9 Å². The number of hydrogen-bond donors (Lipinski definition) is 2. The highest BCUT2D eigenvalue weighted by Crippen LogP contribution is 2.40. The lowest BCUT2D eigenvalue weighted by Gasteiger charge is -2.28. The molecule has 2 aromatic rings. The van der Waals surface area contributed by atoms with E-state index in [1.54, 1.807) is 6.92 Å². The van der Waals surface area contributed by atoms with Crippen LogP contribution >= 0.6 is 11.8 Å². The molecule has 1 aromatic heterocycles. The Morgan fingerprint density at radius 1 is 1.34 bits per heavy atom. The van der Waals surface area contributed by atoms with E-state index in [4.69, 9.17) is 4.74 Å². The molecule has 0 fully saturated rings. The number of rotatable bonds is 7. The molecule has 29 heavy (non-hydrogen) atoms. The van der Waals surface area contributed by atoms with E-state index < -0.39 is 11.9 Å². The third kappa shape index (κ3) is 4.62. The number of carbonyl (C=O) groups excluding carboxylic acids is 1. The van der Waals surface area contributed by atoms with E-state index in [-0.39, 0.29) is 12.2 Å². The summed E-state index contributed by atoms with van der Waals surface area (Å²) in [4.78, 5) is 33.4. The van der Waals surface area contributed by atoms with Crippen LogP contribution in [0.2, 0.25) is 0 Å². The number of hydrogen-bond acceptors (Lipinski definition) is 6. The van der Waals surface area contributed by atoms with Crippen molar-refractivity contribution in [3.05, 3.63) is 75.7 Å². The highest BCUT2D eigenvalue weighted by molar-refractivity contribution is 7.99. The summed E-state index contributed by atoms with van der Waals surface area (Å²) in [7, 11) is 0. The maximum absolute atomic E-state index is 13.1. The van der Waals surface area contributed by atoms with Crippen LogP contribution in [0, 0.1) is 5.92 Å². The van der Waals surface area contributed by atoms with E-state index in [2.05, 4.69) is 35.7 Å². The minimum Gasteiger partial charge on any atom is -0.458 e. The standard InChI is InChI=1S/C22H25N3O3S/c1-5-11-28-21(27)16-14(4)23-19-18(17(16)15-9-7-6-8-10-15)20(26)25-22(24-19)29-12-13(2)3/h5-10,13,17H,1,11-12H2,2-4H3,(H2,23,24,25,26). The quantitative estimate of drug-likeness (QED) is 0.309. The molecule has 1 unspecified atom stereocenters. The summed E-state index contributed by atoms with van der Waals surface area (Å²) < 4.78 is 5.30. The molecule has 152 valence electrons. The predicted molar refractivity (Wildman–Crippen MR) is 116 cm³/mol. The van der Waals surface area contributed by atoms with Crippen LogP contribution in [-0.4, -0.2) is 28.3 Å². The number of anilines is 1. The van der Waals surface area contributed by atoms with Gasteiger partial charge in [-0.25, -0.2) is 9.78 Å². The van der Waals surface area contributed by atoms with Gasteiger partial charge < -0.3 is 15.0 Å². The van der Waals surface area contributed by atoms with E-state index in [0.717, 1.165) is 11.3 Å². The second-order valence-corrected chi connectivity index (χ2v) is 8.24. The first kappa shape index (κ1) is 20.9. The number of thioether (sulfide) groups is 1. The maximum atomic E-state index is 13.1. The van der Waals surface area contributed by atoms with Crippen molar-refractivity contribution < 1.29 is 9.53 Å². The molecule has 1 aliphatic heterocycles. The molecule has 0 saturated carbocycles. The minimum absolute atomic E-state index is 0.101. The van der Waals surface area contributed by atoms with Crippen LogP contribution in [0.1, 0.15) is 37.8 Å². The summed E-state index contributed by atoms with van der Waals surface area (Å²) in [5.74, 6) is 0.751. The molecule has 1 atom stereocenters. The van der Waals surface area contributed by atoms with E-state index >= 15 is 0 Å². The molecule has 0 bridgehead atoms. The lowest BCUT2D eigenvalue weighted by Crippen LogP contribution is -2.31. The number of esters is 1. The first-order valence-electron chi connectivity index (χ1n) is 9.50. The summed E-state index contributed by atoms with van der Waals surface area (Å²) in [6.07, 6.45) is 1.52. The summed E-state index contributed by atoms with van der Waals surface area (Å²) >= 11 is 1.51. The lowest BCUT2D eigenvalue weighted by atomic mass is 9.82. The van der Waals surface area contributed by atoms with Crippen molar-refractivity contribution in [3.63, 3.8) is 0 Å².